The van der Waals surface area contributed by atoms with E-state index < -0.39 is 0 Å². The molecular weight excluding hydrogens is 194 g/mol. The molecule has 1 aromatic rings. The summed E-state index contributed by atoms with van der Waals surface area (Å²) in [5, 5.41) is 18.0. The summed E-state index contributed by atoms with van der Waals surface area (Å²) in [5.74, 6) is 0.0215. The van der Waals surface area contributed by atoms with Crippen molar-refractivity contribution in [3.8, 4) is 17.6 Å². The number of carbonyl (C=O) groups is 1. The minimum Gasteiger partial charge on any atom is -0.504 e. The molecule has 0 saturated carbocycles. The van der Waals surface area contributed by atoms with Crippen molar-refractivity contribution in [2.75, 3.05) is 7.11 Å². The first kappa shape index (κ1) is 11.1. The van der Waals surface area contributed by atoms with Crippen molar-refractivity contribution in [1.82, 2.24) is 0 Å². The first-order valence-corrected chi connectivity index (χ1v) is 4.38. The minimum atomic E-state index is -0.154. The summed E-state index contributed by atoms with van der Waals surface area (Å²) in [6, 6.07) is 4.78. The van der Waals surface area contributed by atoms with Crippen LogP contribution in [0.3, 0.4) is 0 Å². The van der Waals surface area contributed by atoms with E-state index in [2.05, 4.69) is 0 Å². The number of nitrogens with zero attached hydrogens (tertiary/aromatic N) is 1. The quantitative estimate of drug-likeness (QED) is 0.762. The van der Waals surface area contributed by atoms with Crippen molar-refractivity contribution < 1.29 is 14.6 Å². The number of phenols is 1. The molecule has 0 atom stereocenters. The largest absolute Gasteiger partial charge is 0.504 e. The Hall–Kier alpha value is -2.02. The molecule has 0 aromatic heterocycles. The number of benzene rings is 1. The number of ketones is 1. The Bertz CT molecular complexity index is 432. The number of Topliss-reactive ketones (excluding diaryl/α,β-unsaturated/α-hetero) is 1. The van der Waals surface area contributed by atoms with Crippen molar-refractivity contribution in [3.05, 3.63) is 23.3 Å². The molecule has 0 aliphatic carbocycles. The van der Waals surface area contributed by atoms with Crippen LogP contribution in [0.15, 0.2) is 12.1 Å². The van der Waals surface area contributed by atoms with E-state index in [9.17, 15) is 9.90 Å². The van der Waals surface area contributed by atoms with Gasteiger partial charge in [0, 0.05) is 5.56 Å². The Morgan fingerprint density at radius 1 is 1.60 bits per heavy atom. The van der Waals surface area contributed by atoms with Gasteiger partial charge in [0.05, 0.1) is 19.6 Å². The smallest absolute Gasteiger partial charge is 0.161 e. The van der Waals surface area contributed by atoms with Gasteiger partial charge in [-0.1, -0.05) is 0 Å². The third kappa shape index (κ3) is 2.26. The average Bonchev–Trinajstić information content (AvgIpc) is 2.18. The maximum absolute atomic E-state index is 11.3. The molecule has 1 aromatic carbocycles. The molecule has 0 fully saturated rings. The lowest BCUT2D eigenvalue weighted by atomic mass is 10.0. The maximum atomic E-state index is 11.3. The second-order valence-electron chi connectivity index (χ2n) is 3.07. The number of methoxy groups -OCH3 is 1. The van der Waals surface area contributed by atoms with Crippen LogP contribution in [-0.2, 0) is 6.42 Å². The summed E-state index contributed by atoms with van der Waals surface area (Å²) in [6.07, 6.45) is 0.0897. The molecule has 0 saturated heterocycles. The lowest BCUT2D eigenvalue weighted by molar-refractivity contribution is 0.101. The van der Waals surface area contributed by atoms with E-state index in [0.717, 1.165) is 0 Å². The SMILES string of the molecule is COc1cc(C(C)=O)c(CC#N)cc1O. The Morgan fingerprint density at radius 2 is 2.27 bits per heavy atom. The molecular formula is C11H11NO3. The van der Waals surface area contributed by atoms with Crippen LogP contribution in [0, 0.1) is 11.3 Å². The average molecular weight is 205 g/mol. The molecule has 78 valence electrons. The molecule has 0 bridgehead atoms. The Balaban J connectivity index is 3.33. The number of hydrogen-bond donors (Lipinski definition) is 1. The lowest BCUT2D eigenvalue weighted by Gasteiger charge is -2.08. The fraction of sp³-hybridized carbons (Fsp3) is 0.273. The van der Waals surface area contributed by atoms with Crippen LogP contribution >= 0.6 is 0 Å². The van der Waals surface area contributed by atoms with Gasteiger partial charge in [-0.3, -0.25) is 4.79 Å². The van der Waals surface area contributed by atoms with Crippen LogP contribution in [0.25, 0.3) is 0 Å². The van der Waals surface area contributed by atoms with E-state index in [1.54, 1.807) is 0 Å². The molecule has 0 spiro atoms. The molecule has 0 radical (unpaired) electrons. The highest BCUT2D eigenvalue weighted by Gasteiger charge is 2.12. The number of carbonyl (C=O) groups excluding carboxylic acids is 1. The lowest BCUT2D eigenvalue weighted by Crippen LogP contribution is -2.00. The zero-order valence-electron chi connectivity index (χ0n) is 8.57. The zero-order chi connectivity index (χ0) is 11.4. The first-order chi connectivity index (χ1) is 7.10. The van der Waals surface area contributed by atoms with Crippen LogP contribution in [0.4, 0.5) is 0 Å². The summed E-state index contributed by atoms with van der Waals surface area (Å²) in [5.41, 5.74) is 0.925. The minimum absolute atomic E-state index is 0.0623. The number of ether oxygens (including phenoxy) is 1. The van der Waals surface area contributed by atoms with Gasteiger partial charge in [0.15, 0.2) is 17.3 Å². The van der Waals surface area contributed by atoms with E-state index in [1.165, 1.54) is 26.2 Å². The predicted molar refractivity (Wildman–Crippen MR) is 54.0 cm³/mol. The summed E-state index contributed by atoms with van der Waals surface area (Å²) < 4.78 is 4.88. The van der Waals surface area contributed by atoms with Gasteiger partial charge in [-0.15, -0.1) is 0 Å². The van der Waals surface area contributed by atoms with Crippen molar-refractivity contribution in [2.45, 2.75) is 13.3 Å². The summed E-state index contributed by atoms with van der Waals surface area (Å²) in [6.45, 7) is 1.41. The standard InChI is InChI=1S/C11H11NO3/c1-7(13)9-6-11(15-2)10(14)5-8(9)3-4-12/h5-6,14H,3H2,1-2H3. The first-order valence-electron chi connectivity index (χ1n) is 4.38. The molecule has 4 nitrogen and oxygen atoms in total. The van der Waals surface area contributed by atoms with Gasteiger partial charge in [0.25, 0.3) is 0 Å². The van der Waals surface area contributed by atoms with Gasteiger partial charge in [0.1, 0.15) is 0 Å². The highest BCUT2D eigenvalue weighted by molar-refractivity contribution is 5.96. The molecule has 4 heteroatoms. The summed E-state index contributed by atoms with van der Waals surface area (Å²) >= 11 is 0. The number of phenolic OH excluding ortho intramolecular Hbond substituents is 1. The summed E-state index contributed by atoms with van der Waals surface area (Å²) in [4.78, 5) is 11.3. The van der Waals surface area contributed by atoms with E-state index >= 15 is 0 Å². The zero-order valence-corrected chi connectivity index (χ0v) is 8.57. The van der Waals surface area contributed by atoms with E-state index in [1.807, 2.05) is 6.07 Å². The third-order valence-electron chi connectivity index (χ3n) is 2.05. The molecule has 0 aliphatic rings. The van der Waals surface area contributed by atoms with E-state index in [-0.39, 0.29) is 23.7 Å². The van der Waals surface area contributed by atoms with Crippen LogP contribution in [0.1, 0.15) is 22.8 Å². The van der Waals surface area contributed by atoms with Crippen LogP contribution in [0.5, 0.6) is 11.5 Å². The van der Waals surface area contributed by atoms with Gasteiger partial charge < -0.3 is 9.84 Å². The van der Waals surface area contributed by atoms with E-state index in [4.69, 9.17) is 10.00 Å². The normalized spacial score (nSPS) is 9.40. The number of rotatable bonds is 3. The van der Waals surface area contributed by atoms with Gasteiger partial charge in [-0.25, -0.2) is 0 Å². The Kier molecular flexibility index (Phi) is 3.29. The molecule has 1 N–H and O–H groups in total. The monoisotopic (exact) mass is 205 g/mol. The second-order valence-corrected chi connectivity index (χ2v) is 3.07. The number of nitriles is 1. The van der Waals surface area contributed by atoms with E-state index in [0.29, 0.717) is 11.1 Å². The topological polar surface area (TPSA) is 70.3 Å². The number of aromatic hydroxyl groups is 1. The Labute approximate surface area is 87.7 Å². The van der Waals surface area contributed by atoms with Crippen LogP contribution < -0.4 is 4.74 Å². The van der Waals surface area contributed by atoms with Gasteiger partial charge in [-0.2, -0.15) is 5.26 Å². The van der Waals surface area contributed by atoms with Gasteiger partial charge >= 0.3 is 0 Å². The fourth-order valence-electron chi connectivity index (χ4n) is 1.33. The maximum Gasteiger partial charge on any atom is 0.161 e. The fourth-order valence-corrected chi connectivity index (χ4v) is 1.33. The molecule has 0 aliphatic heterocycles. The molecule has 0 heterocycles. The summed E-state index contributed by atoms with van der Waals surface area (Å²) in [7, 11) is 1.41. The molecule has 15 heavy (non-hydrogen) atoms. The van der Waals surface area contributed by atoms with Gasteiger partial charge in [-0.05, 0) is 24.6 Å². The predicted octanol–water partition coefficient (Wildman–Crippen LogP) is 1.67. The van der Waals surface area contributed by atoms with Crippen molar-refractivity contribution in [2.24, 2.45) is 0 Å². The number of hydrogen-bond acceptors (Lipinski definition) is 4. The van der Waals surface area contributed by atoms with Crippen LogP contribution in [-0.4, -0.2) is 18.0 Å². The van der Waals surface area contributed by atoms with Crippen LogP contribution in [0.2, 0.25) is 0 Å². The van der Waals surface area contributed by atoms with Crippen molar-refractivity contribution >= 4 is 5.78 Å². The molecule has 0 unspecified atom stereocenters. The molecule has 0 amide bonds. The highest BCUT2D eigenvalue weighted by atomic mass is 16.5. The Morgan fingerprint density at radius 3 is 2.73 bits per heavy atom. The third-order valence-corrected chi connectivity index (χ3v) is 2.05. The van der Waals surface area contributed by atoms with Crippen molar-refractivity contribution in [3.63, 3.8) is 0 Å². The van der Waals surface area contributed by atoms with Gasteiger partial charge in [0.2, 0.25) is 0 Å². The molecule has 1 rings (SSSR count). The highest BCUT2D eigenvalue weighted by Crippen LogP contribution is 2.29. The van der Waals surface area contributed by atoms with Crippen molar-refractivity contribution in [1.29, 1.82) is 5.26 Å². The second kappa shape index (κ2) is 4.47.